The van der Waals surface area contributed by atoms with E-state index in [1.54, 1.807) is 18.2 Å². The van der Waals surface area contributed by atoms with Gasteiger partial charge in [-0.3, -0.25) is 4.79 Å². The lowest BCUT2D eigenvalue weighted by molar-refractivity contribution is -0.139. The molecule has 15 heavy (non-hydrogen) atoms. The van der Waals surface area contributed by atoms with Crippen molar-refractivity contribution in [1.29, 1.82) is 0 Å². The van der Waals surface area contributed by atoms with Crippen molar-refractivity contribution in [1.82, 2.24) is 0 Å². The van der Waals surface area contributed by atoms with Crippen molar-refractivity contribution in [2.75, 3.05) is 0 Å². The maximum atomic E-state index is 13.6. The third-order valence-electron chi connectivity index (χ3n) is 3.41. The monoisotopic (exact) mass is 208 g/mol. The molecule has 1 aliphatic carbocycles. The topological polar surface area (TPSA) is 37.3 Å². The summed E-state index contributed by atoms with van der Waals surface area (Å²) >= 11 is 0. The van der Waals surface area contributed by atoms with Gasteiger partial charge < -0.3 is 5.11 Å². The molecule has 1 aliphatic rings. The van der Waals surface area contributed by atoms with Crippen molar-refractivity contribution < 1.29 is 14.3 Å². The minimum absolute atomic E-state index is 0.289. The fourth-order valence-corrected chi connectivity index (χ4v) is 2.37. The summed E-state index contributed by atoms with van der Waals surface area (Å²) in [6.07, 6.45) is 1.23. The molecule has 1 aromatic rings. The van der Waals surface area contributed by atoms with E-state index >= 15 is 0 Å². The molecule has 0 spiro atoms. The Balaban J connectivity index is 2.38. The van der Waals surface area contributed by atoms with Gasteiger partial charge >= 0.3 is 5.97 Å². The summed E-state index contributed by atoms with van der Waals surface area (Å²) in [7, 11) is 0. The van der Waals surface area contributed by atoms with Crippen molar-refractivity contribution in [2.45, 2.75) is 25.2 Å². The van der Waals surface area contributed by atoms with Crippen molar-refractivity contribution in [3.05, 3.63) is 35.6 Å². The second-order valence-corrected chi connectivity index (χ2v) is 4.08. The predicted octanol–water partition coefficient (Wildman–Crippen LogP) is 2.58. The first-order chi connectivity index (χ1) is 7.12. The predicted molar refractivity (Wildman–Crippen MR) is 54.1 cm³/mol. The molecule has 0 heterocycles. The molecule has 80 valence electrons. The Morgan fingerprint density at radius 3 is 2.73 bits per heavy atom. The van der Waals surface area contributed by atoms with Gasteiger partial charge in [0.25, 0.3) is 0 Å². The van der Waals surface area contributed by atoms with Gasteiger partial charge in [0, 0.05) is 5.41 Å². The highest BCUT2D eigenvalue weighted by Gasteiger charge is 2.59. The molecule has 1 saturated carbocycles. The largest absolute Gasteiger partial charge is 0.481 e. The fourth-order valence-electron chi connectivity index (χ4n) is 2.37. The minimum atomic E-state index is -0.819. The average molecular weight is 208 g/mol. The number of carbonyl (C=O) groups is 1. The fraction of sp³-hybridized carbons (Fsp3) is 0.417. The maximum absolute atomic E-state index is 13.6. The van der Waals surface area contributed by atoms with E-state index in [4.69, 9.17) is 5.11 Å². The Kier molecular flexibility index (Phi) is 2.25. The van der Waals surface area contributed by atoms with E-state index in [0.29, 0.717) is 18.4 Å². The van der Waals surface area contributed by atoms with E-state index < -0.39 is 17.3 Å². The Bertz CT molecular complexity index is 402. The standard InChI is InChI=1S/C12H13FO2/c1-2-12(7-9(12)11(14)15)8-5-3-4-6-10(8)13/h3-6,9H,2,7H2,1H3,(H,14,15)/t9-,12?/m0/s1. The molecule has 2 rings (SSSR count). The van der Waals surface area contributed by atoms with E-state index in [9.17, 15) is 9.18 Å². The van der Waals surface area contributed by atoms with Crippen LogP contribution in [0.25, 0.3) is 0 Å². The number of hydrogen-bond donors (Lipinski definition) is 1. The summed E-state index contributed by atoms with van der Waals surface area (Å²) in [5.41, 5.74) is 0.0943. The quantitative estimate of drug-likeness (QED) is 0.828. The first-order valence-corrected chi connectivity index (χ1v) is 5.09. The Morgan fingerprint density at radius 1 is 1.60 bits per heavy atom. The van der Waals surface area contributed by atoms with Crippen LogP contribution in [0.15, 0.2) is 24.3 Å². The van der Waals surface area contributed by atoms with E-state index in [1.165, 1.54) is 6.07 Å². The molecule has 0 bridgehead atoms. The zero-order valence-corrected chi connectivity index (χ0v) is 8.53. The van der Waals surface area contributed by atoms with Gasteiger partial charge in [-0.05, 0) is 24.5 Å². The van der Waals surface area contributed by atoms with Gasteiger partial charge in [-0.15, -0.1) is 0 Å². The highest BCUT2D eigenvalue weighted by atomic mass is 19.1. The highest BCUT2D eigenvalue weighted by molar-refractivity contribution is 5.77. The molecule has 1 fully saturated rings. The van der Waals surface area contributed by atoms with Crippen LogP contribution in [0.4, 0.5) is 4.39 Å². The molecule has 2 nitrogen and oxygen atoms in total. The molecular weight excluding hydrogens is 195 g/mol. The molecule has 0 radical (unpaired) electrons. The third kappa shape index (κ3) is 1.42. The molecule has 0 saturated heterocycles. The van der Waals surface area contributed by atoms with Crippen molar-refractivity contribution in [2.24, 2.45) is 5.92 Å². The van der Waals surface area contributed by atoms with E-state index in [2.05, 4.69) is 0 Å². The van der Waals surface area contributed by atoms with Gasteiger partial charge in [0.05, 0.1) is 5.92 Å². The van der Waals surface area contributed by atoms with E-state index in [0.717, 1.165) is 0 Å². The molecule has 3 heteroatoms. The number of rotatable bonds is 3. The zero-order chi connectivity index (χ0) is 11.1. The summed E-state index contributed by atoms with van der Waals surface area (Å²) in [4.78, 5) is 10.9. The normalized spacial score (nSPS) is 28.8. The molecule has 2 atom stereocenters. The SMILES string of the molecule is CCC1(c2ccccc2F)C[C@H]1C(=O)O. The van der Waals surface area contributed by atoms with Crippen LogP contribution in [0.5, 0.6) is 0 Å². The number of halogens is 1. The summed E-state index contributed by atoms with van der Waals surface area (Å²) < 4.78 is 13.6. The number of benzene rings is 1. The summed E-state index contributed by atoms with van der Waals surface area (Å²) in [6.45, 7) is 1.91. The number of hydrogen-bond acceptors (Lipinski definition) is 1. The second kappa shape index (κ2) is 3.33. The lowest BCUT2D eigenvalue weighted by atomic mass is 9.90. The Labute approximate surface area is 87.7 Å². The van der Waals surface area contributed by atoms with Crippen molar-refractivity contribution >= 4 is 5.97 Å². The van der Waals surface area contributed by atoms with Crippen LogP contribution in [0.2, 0.25) is 0 Å². The van der Waals surface area contributed by atoms with Gasteiger partial charge in [-0.2, -0.15) is 0 Å². The first-order valence-electron chi connectivity index (χ1n) is 5.09. The zero-order valence-electron chi connectivity index (χ0n) is 8.53. The highest BCUT2D eigenvalue weighted by Crippen LogP contribution is 2.57. The Hall–Kier alpha value is -1.38. The van der Waals surface area contributed by atoms with E-state index in [1.807, 2.05) is 6.92 Å². The van der Waals surface area contributed by atoms with E-state index in [-0.39, 0.29) is 5.82 Å². The lowest BCUT2D eigenvalue weighted by Gasteiger charge is -2.14. The van der Waals surface area contributed by atoms with Crippen LogP contribution in [-0.2, 0) is 10.2 Å². The molecular formula is C12H13FO2. The number of carboxylic acids is 1. The van der Waals surface area contributed by atoms with Gasteiger partial charge in [-0.25, -0.2) is 4.39 Å². The number of aliphatic carboxylic acids is 1. The van der Waals surface area contributed by atoms with Crippen molar-refractivity contribution in [3.63, 3.8) is 0 Å². The van der Waals surface area contributed by atoms with Gasteiger partial charge in [0.2, 0.25) is 0 Å². The molecule has 1 unspecified atom stereocenters. The van der Waals surface area contributed by atoms with Crippen LogP contribution in [-0.4, -0.2) is 11.1 Å². The van der Waals surface area contributed by atoms with Gasteiger partial charge in [-0.1, -0.05) is 25.1 Å². The number of carboxylic acid groups (broad SMARTS) is 1. The van der Waals surface area contributed by atoms with Gasteiger partial charge in [0.15, 0.2) is 0 Å². The second-order valence-electron chi connectivity index (χ2n) is 4.08. The van der Waals surface area contributed by atoms with Crippen LogP contribution >= 0.6 is 0 Å². The summed E-state index contributed by atoms with van der Waals surface area (Å²) in [5.74, 6) is -1.53. The molecule has 0 amide bonds. The summed E-state index contributed by atoms with van der Waals surface area (Å²) in [5, 5.41) is 8.95. The molecule has 1 N–H and O–H groups in total. The van der Waals surface area contributed by atoms with Gasteiger partial charge in [0.1, 0.15) is 5.82 Å². The van der Waals surface area contributed by atoms with Crippen molar-refractivity contribution in [3.8, 4) is 0 Å². The summed E-state index contributed by atoms with van der Waals surface area (Å²) in [6, 6.07) is 6.47. The van der Waals surface area contributed by atoms with Crippen LogP contribution in [0, 0.1) is 11.7 Å². The molecule has 0 aliphatic heterocycles. The van der Waals surface area contributed by atoms with Crippen LogP contribution in [0.3, 0.4) is 0 Å². The Morgan fingerprint density at radius 2 is 2.27 bits per heavy atom. The third-order valence-corrected chi connectivity index (χ3v) is 3.41. The first kappa shape index (κ1) is 10.1. The van der Waals surface area contributed by atoms with Crippen LogP contribution in [0.1, 0.15) is 25.3 Å². The minimum Gasteiger partial charge on any atom is -0.481 e. The molecule has 0 aromatic heterocycles. The smallest absolute Gasteiger partial charge is 0.307 e. The lowest BCUT2D eigenvalue weighted by Crippen LogP contribution is -2.15. The average Bonchev–Trinajstić information content (AvgIpc) is 2.94. The molecule has 1 aromatic carbocycles. The van der Waals surface area contributed by atoms with Crippen LogP contribution < -0.4 is 0 Å². The maximum Gasteiger partial charge on any atom is 0.307 e.